The van der Waals surface area contributed by atoms with E-state index in [9.17, 15) is 14.4 Å². The number of ether oxygens (including phenoxy) is 1. The monoisotopic (exact) mass is 464 g/mol. The van der Waals surface area contributed by atoms with E-state index < -0.39 is 11.9 Å². The summed E-state index contributed by atoms with van der Waals surface area (Å²) in [5.74, 6) is -0.292. The number of aldehydes is 1. The molecule has 0 fully saturated rings. The Morgan fingerprint density at radius 3 is 2.65 bits per heavy atom. The summed E-state index contributed by atoms with van der Waals surface area (Å²) in [6.45, 7) is 8.14. The van der Waals surface area contributed by atoms with E-state index in [-0.39, 0.29) is 18.1 Å². The van der Waals surface area contributed by atoms with Crippen LogP contribution in [0.15, 0.2) is 47.7 Å². The summed E-state index contributed by atoms with van der Waals surface area (Å²) in [6.07, 6.45) is 7.54. The molecule has 2 N–H and O–H groups in total. The molecular weight excluding hydrogens is 432 g/mol. The lowest BCUT2D eigenvalue weighted by Crippen LogP contribution is -2.50. The Bertz CT molecular complexity index is 1140. The smallest absolute Gasteiger partial charge is 0.253 e. The van der Waals surface area contributed by atoms with Gasteiger partial charge in [-0.25, -0.2) is 4.99 Å². The van der Waals surface area contributed by atoms with Gasteiger partial charge < -0.3 is 19.9 Å². The third kappa shape index (κ3) is 5.88. The number of rotatable bonds is 8. The zero-order valence-corrected chi connectivity index (χ0v) is 20.3. The van der Waals surface area contributed by atoms with E-state index in [2.05, 4.69) is 15.6 Å². The largest absolute Gasteiger partial charge is 0.382 e. The first kappa shape index (κ1) is 25.1. The van der Waals surface area contributed by atoms with Crippen molar-refractivity contribution in [2.75, 3.05) is 13.7 Å². The molecule has 8 heteroatoms. The van der Waals surface area contributed by atoms with Crippen LogP contribution in [-0.2, 0) is 21.5 Å². The number of amides is 2. The Morgan fingerprint density at radius 1 is 1.26 bits per heavy atom. The number of aromatic nitrogens is 1. The van der Waals surface area contributed by atoms with Crippen LogP contribution in [0.3, 0.4) is 0 Å². The quantitative estimate of drug-likeness (QED) is 0.585. The van der Waals surface area contributed by atoms with Crippen molar-refractivity contribution in [3.05, 3.63) is 65.0 Å². The van der Waals surface area contributed by atoms with E-state index in [4.69, 9.17) is 4.74 Å². The van der Waals surface area contributed by atoms with Gasteiger partial charge in [0.25, 0.3) is 5.91 Å². The molecule has 0 bridgehead atoms. The van der Waals surface area contributed by atoms with Gasteiger partial charge in [-0.05, 0) is 44.9 Å². The van der Waals surface area contributed by atoms with Gasteiger partial charge in [0.15, 0.2) is 0 Å². The minimum Gasteiger partial charge on any atom is -0.382 e. The minimum absolute atomic E-state index is 0.0201. The summed E-state index contributed by atoms with van der Waals surface area (Å²) in [6, 6.07) is 6.49. The van der Waals surface area contributed by atoms with Crippen molar-refractivity contribution in [2.24, 2.45) is 4.99 Å². The fourth-order valence-corrected chi connectivity index (χ4v) is 3.65. The zero-order valence-electron chi connectivity index (χ0n) is 20.3. The van der Waals surface area contributed by atoms with Crippen LogP contribution in [0.2, 0.25) is 0 Å². The highest BCUT2D eigenvalue weighted by Gasteiger charge is 2.25. The number of nitrogens with zero attached hydrogens (tertiary/aromatic N) is 2. The van der Waals surface area contributed by atoms with Crippen molar-refractivity contribution in [3.63, 3.8) is 0 Å². The average Bonchev–Trinajstić information content (AvgIpc) is 3.48. The molecule has 0 saturated heterocycles. The van der Waals surface area contributed by atoms with Crippen LogP contribution in [-0.4, -0.2) is 48.3 Å². The van der Waals surface area contributed by atoms with E-state index >= 15 is 0 Å². The lowest BCUT2D eigenvalue weighted by Gasteiger charge is -2.21. The molecule has 3 rings (SSSR count). The molecular formula is C26H32N4O4. The summed E-state index contributed by atoms with van der Waals surface area (Å²) < 4.78 is 7.10. The fraction of sp³-hybridized carbons (Fsp3) is 0.385. The molecule has 1 atom stereocenters. The Hall–Kier alpha value is -3.52. The summed E-state index contributed by atoms with van der Waals surface area (Å²) in [7, 11) is 1.47. The predicted molar refractivity (Wildman–Crippen MR) is 132 cm³/mol. The number of aryl methyl sites for hydroxylation is 1. The second-order valence-corrected chi connectivity index (χ2v) is 9.19. The highest BCUT2D eigenvalue weighted by atomic mass is 16.5. The molecule has 2 aromatic rings. The normalized spacial score (nSPS) is 14.3. The van der Waals surface area contributed by atoms with E-state index in [0.29, 0.717) is 29.1 Å². The van der Waals surface area contributed by atoms with E-state index in [0.717, 1.165) is 23.8 Å². The molecule has 0 unspecified atom stereocenters. The van der Waals surface area contributed by atoms with Gasteiger partial charge in [0.1, 0.15) is 18.2 Å². The molecule has 34 heavy (non-hydrogen) atoms. The molecule has 2 heterocycles. The van der Waals surface area contributed by atoms with Gasteiger partial charge in [0, 0.05) is 42.6 Å². The average molecular weight is 465 g/mol. The van der Waals surface area contributed by atoms with E-state index in [1.807, 2.05) is 62.7 Å². The van der Waals surface area contributed by atoms with Crippen molar-refractivity contribution in [1.82, 2.24) is 15.2 Å². The summed E-state index contributed by atoms with van der Waals surface area (Å²) in [4.78, 5) is 41.5. The number of carbonyl (C=O) groups is 3. The number of benzene rings is 1. The molecule has 8 nitrogen and oxygen atoms in total. The van der Waals surface area contributed by atoms with Crippen LogP contribution in [0.25, 0.3) is 5.70 Å². The van der Waals surface area contributed by atoms with Gasteiger partial charge in [0.2, 0.25) is 5.91 Å². The topological polar surface area (TPSA) is 102 Å². The second-order valence-electron chi connectivity index (χ2n) is 9.19. The first-order valence-electron chi connectivity index (χ1n) is 11.3. The highest BCUT2D eigenvalue weighted by Crippen LogP contribution is 2.24. The maximum atomic E-state index is 12.9. The van der Waals surface area contributed by atoms with Crippen LogP contribution in [0.4, 0.5) is 0 Å². The fourth-order valence-electron chi connectivity index (χ4n) is 3.65. The Labute approximate surface area is 200 Å². The number of aliphatic imine (C=N–C) groups is 1. The van der Waals surface area contributed by atoms with Crippen molar-refractivity contribution >= 4 is 29.6 Å². The molecule has 1 aliphatic rings. The molecule has 0 radical (unpaired) electrons. The zero-order chi connectivity index (χ0) is 24.9. The third-order valence-electron chi connectivity index (χ3n) is 5.65. The van der Waals surface area contributed by atoms with Gasteiger partial charge >= 0.3 is 0 Å². The molecule has 1 aromatic heterocycles. The van der Waals surface area contributed by atoms with Gasteiger partial charge in [-0.15, -0.1) is 0 Å². The molecule has 0 saturated carbocycles. The van der Waals surface area contributed by atoms with Crippen molar-refractivity contribution in [3.8, 4) is 0 Å². The standard InChI is InChI=1S/C26H32N4O4/c1-6-17-7-8-18(13-20(17)15-31)21-9-10-23(27-21)29-25(33)22(16-34-5)28-24(32)19-11-12-30(14-19)26(2,3)4/h7-9,11-15,22H,6,10,16H2,1-5H3,(H,28,32)(H,27,29,33)/t22-/m0/s1. The lowest BCUT2D eigenvalue weighted by molar-refractivity contribution is -0.122. The highest BCUT2D eigenvalue weighted by molar-refractivity contribution is 6.06. The van der Waals surface area contributed by atoms with Gasteiger partial charge in [-0.3, -0.25) is 14.4 Å². The molecule has 180 valence electrons. The lowest BCUT2D eigenvalue weighted by atomic mass is 10.0. The van der Waals surface area contributed by atoms with Gasteiger partial charge in [0.05, 0.1) is 17.9 Å². The van der Waals surface area contributed by atoms with Gasteiger partial charge in [-0.1, -0.05) is 25.1 Å². The maximum Gasteiger partial charge on any atom is 0.253 e. The Morgan fingerprint density at radius 2 is 2.03 bits per heavy atom. The van der Waals surface area contributed by atoms with Crippen LogP contribution >= 0.6 is 0 Å². The van der Waals surface area contributed by atoms with Crippen LogP contribution in [0.1, 0.15) is 66.0 Å². The van der Waals surface area contributed by atoms with Gasteiger partial charge in [-0.2, -0.15) is 0 Å². The number of methoxy groups -OCH3 is 1. The SMILES string of the molecule is CCc1ccc(C2=CCC(NC(=O)[C@H](COC)NC(=O)c3ccn(C(C)(C)C)c3)=N2)cc1C=O. The number of hydrogen-bond acceptors (Lipinski definition) is 5. The number of carbonyl (C=O) groups excluding carboxylic acids is 3. The van der Waals surface area contributed by atoms with Crippen LogP contribution < -0.4 is 10.6 Å². The minimum atomic E-state index is -0.882. The molecule has 1 aromatic carbocycles. The first-order valence-corrected chi connectivity index (χ1v) is 11.3. The molecule has 1 aliphatic heterocycles. The molecule has 2 amide bonds. The summed E-state index contributed by atoms with van der Waals surface area (Å²) >= 11 is 0. The number of hydrogen-bond donors (Lipinski definition) is 2. The third-order valence-corrected chi connectivity index (χ3v) is 5.65. The Kier molecular flexibility index (Phi) is 7.83. The number of nitrogens with one attached hydrogen (secondary N) is 2. The maximum absolute atomic E-state index is 12.9. The summed E-state index contributed by atoms with van der Waals surface area (Å²) in [5.41, 5.74) is 3.43. The molecule has 0 spiro atoms. The molecule has 0 aliphatic carbocycles. The number of amidine groups is 1. The van der Waals surface area contributed by atoms with Crippen LogP contribution in [0, 0.1) is 0 Å². The van der Waals surface area contributed by atoms with Crippen molar-refractivity contribution < 1.29 is 19.1 Å². The second kappa shape index (κ2) is 10.6. The predicted octanol–water partition coefficient (Wildman–Crippen LogP) is 3.32. The van der Waals surface area contributed by atoms with Crippen LogP contribution in [0.5, 0.6) is 0 Å². The Balaban J connectivity index is 1.67. The van der Waals surface area contributed by atoms with E-state index in [1.165, 1.54) is 7.11 Å². The first-order chi connectivity index (χ1) is 16.2. The van der Waals surface area contributed by atoms with Crippen molar-refractivity contribution in [1.29, 1.82) is 0 Å². The van der Waals surface area contributed by atoms with E-state index in [1.54, 1.807) is 12.3 Å². The summed E-state index contributed by atoms with van der Waals surface area (Å²) in [5, 5.41) is 5.53. The van der Waals surface area contributed by atoms with Crippen molar-refractivity contribution in [2.45, 2.75) is 52.1 Å².